The molecule has 0 radical (unpaired) electrons. The van der Waals surface area contributed by atoms with Crippen molar-refractivity contribution in [3.05, 3.63) is 83.4 Å². The maximum absolute atomic E-state index is 13.6. The number of unbranched alkanes of at least 4 members (excludes halogenated alkanes) is 2. The van der Waals surface area contributed by atoms with Crippen LogP contribution in [0.25, 0.3) is 0 Å². The van der Waals surface area contributed by atoms with Crippen LogP contribution in [0.1, 0.15) is 165 Å². The Kier molecular flexibility index (Phi) is 33.7. The molecule has 3 aliphatic heterocycles. The van der Waals surface area contributed by atoms with Gasteiger partial charge in [0.25, 0.3) is 5.91 Å². The zero-order chi connectivity index (χ0) is 49.4. The van der Waals surface area contributed by atoms with E-state index in [-0.39, 0.29) is 11.9 Å². The Morgan fingerprint density at radius 1 is 0.812 bits per heavy atom. The van der Waals surface area contributed by atoms with Gasteiger partial charge in [0.1, 0.15) is 0 Å². The maximum Gasteiger partial charge on any atom is 0.260 e. The summed E-state index contributed by atoms with van der Waals surface area (Å²) in [6.45, 7) is 37.1. The lowest BCUT2D eigenvalue weighted by molar-refractivity contribution is -0.116. The second-order valence-corrected chi connectivity index (χ2v) is 14.3. The third-order valence-corrected chi connectivity index (χ3v) is 9.32. The third kappa shape index (κ3) is 18.6. The van der Waals surface area contributed by atoms with Gasteiger partial charge in [-0.1, -0.05) is 112 Å². The zero-order valence-electron chi connectivity index (χ0n) is 43.3. The Morgan fingerprint density at radius 3 is 1.83 bits per heavy atom. The predicted octanol–water partition coefficient (Wildman–Crippen LogP) is 13.8. The molecular weight excluding hydrogens is 805 g/mol. The second-order valence-electron chi connectivity index (χ2n) is 14.3. The Hall–Kier alpha value is -5.03. The number of allylic oxidation sites excluding steroid dienone is 3. The fourth-order valence-electron chi connectivity index (χ4n) is 6.64. The van der Waals surface area contributed by atoms with Gasteiger partial charge in [-0.15, -0.1) is 0 Å². The summed E-state index contributed by atoms with van der Waals surface area (Å²) in [6.07, 6.45) is 15.7. The van der Waals surface area contributed by atoms with E-state index in [1.807, 2.05) is 115 Å². The number of rotatable bonds is 15. The number of aliphatic hydroxyl groups is 1. The molecule has 11 nitrogen and oxygen atoms in total. The number of nitrogens with zero attached hydrogens (tertiary/aromatic N) is 4. The van der Waals surface area contributed by atoms with Crippen molar-refractivity contribution < 1.29 is 33.6 Å². The van der Waals surface area contributed by atoms with Crippen molar-refractivity contribution in [3.63, 3.8) is 0 Å². The number of carbonyl (C=O) groups excluding carboxylic acids is 2. The van der Waals surface area contributed by atoms with Gasteiger partial charge in [0.2, 0.25) is 6.41 Å². The van der Waals surface area contributed by atoms with Crippen LogP contribution in [-0.2, 0) is 4.79 Å². The fourth-order valence-corrected chi connectivity index (χ4v) is 6.64. The van der Waals surface area contributed by atoms with Crippen LogP contribution in [0.3, 0.4) is 0 Å². The number of aliphatic hydroxyl groups excluding tert-OH is 1. The number of carbonyl (C=O) groups is 2. The molecule has 0 fully saturated rings. The molecule has 11 heteroatoms. The van der Waals surface area contributed by atoms with E-state index < -0.39 is 12.3 Å². The van der Waals surface area contributed by atoms with Gasteiger partial charge in [-0.2, -0.15) is 0 Å². The first-order valence-corrected chi connectivity index (χ1v) is 23.7. The van der Waals surface area contributed by atoms with Gasteiger partial charge in [-0.3, -0.25) is 14.6 Å². The Balaban J connectivity index is 0. The quantitative estimate of drug-likeness (QED) is 0.0814. The molecule has 362 valence electrons. The van der Waals surface area contributed by atoms with Crippen molar-refractivity contribution in [2.75, 3.05) is 32.3 Å². The zero-order valence-corrected chi connectivity index (χ0v) is 43.3. The number of aliphatic imine (C=N–C) groups is 1. The summed E-state index contributed by atoms with van der Waals surface area (Å²) in [5.74, 6) is 1.98. The molecule has 0 aromatic heterocycles. The van der Waals surface area contributed by atoms with Gasteiger partial charge < -0.3 is 38.8 Å². The van der Waals surface area contributed by atoms with Crippen LogP contribution in [0, 0.1) is 6.92 Å². The van der Waals surface area contributed by atoms with E-state index in [2.05, 4.69) is 44.5 Å². The number of fused-ring (bicyclic) bond motifs is 2. The molecule has 2 aromatic rings. The Morgan fingerprint density at radius 2 is 1.34 bits per heavy atom. The predicted molar refractivity (Wildman–Crippen MR) is 272 cm³/mol. The number of aryl methyl sites for hydroxylation is 1. The molecule has 2 amide bonds. The van der Waals surface area contributed by atoms with Crippen molar-refractivity contribution in [3.8, 4) is 23.0 Å². The standard InChI is InChI=1S/C37H46N4O7.C5H10.C3H8.4C2H6/c1-23(2)41-30-18-35(33(46-7)16-28(30)36(43)40-21-25(4)14-31(40)37(41)44)48-12-10-8-9-11-47-34-17-29(26(5)15-32(34)45-6)38-19-27-13-24(3)20-39(27)22-42;1-3-5-4-2;1-3-2;4*1-2/h15-22,27,31,37,44H,1,8-14H2,2-7H3;3,5H,4H2,1-2H3;3H2,1-2H3;4*1-2H3/b;5-3+;;;;;. The largest absolute Gasteiger partial charge is 0.493 e. The van der Waals surface area contributed by atoms with Crippen molar-refractivity contribution in [1.29, 1.82) is 0 Å². The van der Waals surface area contributed by atoms with E-state index in [1.165, 1.54) is 6.42 Å². The van der Waals surface area contributed by atoms with E-state index in [0.717, 1.165) is 60.9 Å². The van der Waals surface area contributed by atoms with Crippen LogP contribution in [0.4, 0.5) is 11.4 Å². The summed E-state index contributed by atoms with van der Waals surface area (Å²) < 4.78 is 23.5. The average molecular weight is 893 g/mol. The van der Waals surface area contributed by atoms with Crippen LogP contribution in [0.15, 0.2) is 77.2 Å². The van der Waals surface area contributed by atoms with E-state index in [4.69, 9.17) is 18.9 Å². The van der Waals surface area contributed by atoms with E-state index in [9.17, 15) is 14.7 Å². The molecule has 64 heavy (non-hydrogen) atoms. The number of hydrogen-bond acceptors (Lipinski definition) is 9. The number of anilines is 1. The molecule has 1 N–H and O–H groups in total. The van der Waals surface area contributed by atoms with Crippen molar-refractivity contribution >= 4 is 29.9 Å². The summed E-state index contributed by atoms with van der Waals surface area (Å²) in [6, 6.07) is 6.71. The van der Waals surface area contributed by atoms with Gasteiger partial charge in [0.15, 0.2) is 29.2 Å². The highest BCUT2D eigenvalue weighted by atomic mass is 16.5. The van der Waals surface area contributed by atoms with Gasteiger partial charge in [-0.05, 0) is 90.8 Å². The van der Waals surface area contributed by atoms with E-state index in [0.29, 0.717) is 59.6 Å². The van der Waals surface area contributed by atoms with Gasteiger partial charge >= 0.3 is 0 Å². The van der Waals surface area contributed by atoms with Crippen LogP contribution < -0.4 is 23.8 Å². The lowest BCUT2D eigenvalue weighted by Gasteiger charge is -2.34. The van der Waals surface area contributed by atoms with Gasteiger partial charge in [0.05, 0.1) is 56.5 Å². The number of amides is 2. The molecule has 3 atom stereocenters. The first-order chi connectivity index (χ1) is 30.9. The van der Waals surface area contributed by atoms with Crippen molar-refractivity contribution in [2.24, 2.45) is 4.99 Å². The van der Waals surface area contributed by atoms with Crippen LogP contribution in [0.5, 0.6) is 23.0 Å². The molecule has 0 aliphatic carbocycles. The average Bonchev–Trinajstić information content (AvgIpc) is 3.88. The minimum Gasteiger partial charge on any atom is -0.493 e. The normalized spacial score (nSPS) is 16.6. The summed E-state index contributed by atoms with van der Waals surface area (Å²) in [5.41, 5.74) is 5.44. The number of benzene rings is 2. The molecule has 3 aliphatic rings. The van der Waals surface area contributed by atoms with Crippen molar-refractivity contribution in [1.82, 2.24) is 9.80 Å². The molecule has 0 spiro atoms. The topological polar surface area (TPSA) is 113 Å². The van der Waals surface area contributed by atoms with Crippen LogP contribution >= 0.6 is 0 Å². The summed E-state index contributed by atoms with van der Waals surface area (Å²) in [7, 11) is 3.16. The highest BCUT2D eigenvalue weighted by Gasteiger charge is 2.42. The Bertz CT molecular complexity index is 1770. The van der Waals surface area contributed by atoms with E-state index >= 15 is 0 Å². The molecule has 5 rings (SSSR count). The summed E-state index contributed by atoms with van der Waals surface area (Å²) in [5, 5.41) is 11.4. The molecule has 0 bridgehead atoms. The van der Waals surface area contributed by atoms with Gasteiger partial charge in [0, 0.05) is 36.4 Å². The number of hydrogen-bond donors (Lipinski definition) is 1. The monoisotopic (exact) mass is 893 g/mol. The minimum absolute atomic E-state index is 0.0973. The smallest absolute Gasteiger partial charge is 0.260 e. The van der Waals surface area contributed by atoms with Crippen LogP contribution in [0.2, 0.25) is 0 Å². The van der Waals surface area contributed by atoms with Crippen molar-refractivity contribution in [2.45, 2.75) is 174 Å². The summed E-state index contributed by atoms with van der Waals surface area (Å²) in [4.78, 5) is 34.6. The molecular formula is C53H88N4O7. The summed E-state index contributed by atoms with van der Waals surface area (Å²) >= 11 is 0. The molecule has 2 aromatic carbocycles. The third-order valence-electron chi connectivity index (χ3n) is 9.32. The minimum atomic E-state index is -0.959. The number of ether oxygens (including phenoxy) is 4. The Labute approximate surface area is 389 Å². The highest BCUT2D eigenvalue weighted by Crippen LogP contribution is 2.43. The lowest BCUT2D eigenvalue weighted by atomic mass is 10.1. The SMILES string of the molecule is C/C=C/CC.C=C(C)N1c2cc(OCCCCCOc3cc(N=CC4CC(C)=CN4C=O)c(C)cc3OC)c(OC)cc2C(=O)N2C=C(C)CC2C1O.CC.CC.CC.CC.CCC. The second kappa shape index (κ2) is 35.3. The first kappa shape index (κ1) is 61.1. The van der Waals surface area contributed by atoms with E-state index in [1.54, 1.807) is 47.3 Å². The molecule has 0 saturated carbocycles. The molecule has 3 heterocycles. The number of methoxy groups -OCH3 is 2. The van der Waals surface area contributed by atoms with Crippen LogP contribution in [-0.4, -0.2) is 79.2 Å². The van der Waals surface area contributed by atoms with Gasteiger partial charge in [-0.25, -0.2) is 0 Å². The lowest BCUT2D eigenvalue weighted by Crippen LogP contribution is -2.47. The first-order valence-electron chi connectivity index (χ1n) is 23.7. The maximum atomic E-state index is 13.6. The molecule has 3 unspecified atom stereocenters. The fraction of sp³-hybridized carbons (Fsp3) is 0.566. The highest BCUT2D eigenvalue weighted by molar-refractivity contribution is 6.03. The molecule has 0 saturated heterocycles.